The minimum Gasteiger partial charge on any atom is -0.383 e. The van der Waals surface area contributed by atoms with E-state index in [0.29, 0.717) is 16.3 Å². The number of pyridine rings is 2. The summed E-state index contributed by atoms with van der Waals surface area (Å²) in [7, 11) is 0. The van der Waals surface area contributed by atoms with Gasteiger partial charge in [0.25, 0.3) is 0 Å². The molecule has 0 radical (unpaired) electrons. The van der Waals surface area contributed by atoms with Crippen molar-refractivity contribution in [2.24, 2.45) is 0 Å². The number of nitrogens with two attached hydrogens (primary N) is 1. The number of anilines is 1. The molecule has 3 N–H and O–H groups in total. The Morgan fingerprint density at radius 2 is 1.94 bits per heavy atom. The Balaban J connectivity index is 2.47. The lowest BCUT2D eigenvalue weighted by atomic mass is 10.0. The SMILES string of the molecule is Cc1cnc(C(O)c2cc(Cl)cnc2N)c(C)c1. The van der Waals surface area contributed by atoms with Crippen LogP contribution in [0.3, 0.4) is 0 Å². The van der Waals surface area contributed by atoms with Crippen LogP contribution >= 0.6 is 11.6 Å². The summed E-state index contributed by atoms with van der Waals surface area (Å²) in [5.41, 5.74) is 8.74. The van der Waals surface area contributed by atoms with E-state index in [-0.39, 0.29) is 5.82 Å². The third kappa shape index (κ3) is 2.44. The van der Waals surface area contributed by atoms with Gasteiger partial charge in [0.05, 0.1) is 10.7 Å². The van der Waals surface area contributed by atoms with Crippen LogP contribution in [-0.4, -0.2) is 15.1 Å². The molecule has 5 heteroatoms. The number of aliphatic hydroxyl groups excluding tert-OH is 1. The van der Waals surface area contributed by atoms with E-state index in [2.05, 4.69) is 9.97 Å². The van der Waals surface area contributed by atoms with Gasteiger partial charge >= 0.3 is 0 Å². The van der Waals surface area contributed by atoms with Crippen molar-refractivity contribution >= 4 is 17.4 Å². The van der Waals surface area contributed by atoms with Crippen LogP contribution in [0.15, 0.2) is 24.5 Å². The van der Waals surface area contributed by atoms with Gasteiger partial charge in [0.2, 0.25) is 0 Å². The number of nitrogen functional groups attached to an aromatic ring is 1. The summed E-state index contributed by atoms with van der Waals surface area (Å²) in [5, 5.41) is 10.8. The summed E-state index contributed by atoms with van der Waals surface area (Å²) in [6.07, 6.45) is 2.24. The average Bonchev–Trinajstić information content (AvgIpc) is 2.31. The number of hydrogen-bond acceptors (Lipinski definition) is 4. The molecule has 0 saturated carbocycles. The highest BCUT2D eigenvalue weighted by atomic mass is 35.5. The second-order valence-electron chi connectivity index (χ2n) is 4.25. The maximum absolute atomic E-state index is 10.3. The zero-order valence-electron chi connectivity index (χ0n) is 10.2. The summed E-state index contributed by atoms with van der Waals surface area (Å²) in [4.78, 5) is 8.18. The van der Waals surface area contributed by atoms with Gasteiger partial charge in [-0.05, 0) is 31.0 Å². The van der Waals surface area contributed by atoms with Crippen LogP contribution in [0.2, 0.25) is 5.02 Å². The van der Waals surface area contributed by atoms with E-state index in [1.165, 1.54) is 6.20 Å². The maximum atomic E-state index is 10.3. The Labute approximate surface area is 110 Å². The smallest absolute Gasteiger partial charge is 0.129 e. The first-order valence-electron chi connectivity index (χ1n) is 5.51. The highest BCUT2D eigenvalue weighted by molar-refractivity contribution is 6.30. The van der Waals surface area contributed by atoms with Gasteiger partial charge in [-0.15, -0.1) is 0 Å². The average molecular weight is 264 g/mol. The monoisotopic (exact) mass is 263 g/mol. The molecule has 1 unspecified atom stereocenters. The van der Waals surface area contributed by atoms with Crippen molar-refractivity contribution in [3.05, 3.63) is 51.9 Å². The molecule has 0 bridgehead atoms. The number of aryl methyl sites for hydroxylation is 2. The van der Waals surface area contributed by atoms with Gasteiger partial charge in [0.15, 0.2) is 0 Å². The molecule has 2 rings (SSSR count). The molecule has 0 spiro atoms. The Kier molecular flexibility index (Phi) is 3.50. The normalized spacial score (nSPS) is 12.4. The van der Waals surface area contributed by atoms with Gasteiger partial charge in [0, 0.05) is 18.0 Å². The first-order chi connectivity index (χ1) is 8.49. The number of hydrogen-bond donors (Lipinski definition) is 2. The van der Waals surface area contributed by atoms with Crippen molar-refractivity contribution in [1.82, 2.24) is 9.97 Å². The molecule has 0 saturated heterocycles. The zero-order chi connectivity index (χ0) is 13.3. The molecule has 0 aliphatic heterocycles. The molecule has 2 aromatic rings. The molecular formula is C13H14ClN3O. The lowest BCUT2D eigenvalue weighted by Crippen LogP contribution is -2.09. The van der Waals surface area contributed by atoms with Gasteiger partial charge in [-0.1, -0.05) is 17.7 Å². The third-order valence-corrected chi connectivity index (χ3v) is 2.93. The maximum Gasteiger partial charge on any atom is 0.129 e. The van der Waals surface area contributed by atoms with E-state index < -0.39 is 6.10 Å². The standard InChI is InChI=1S/C13H14ClN3O/c1-7-3-8(2)11(16-5-7)12(18)10-4-9(14)6-17-13(10)15/h3-6,12,18H,1-2H3,(H2,15,17). The third-order valence-electron chi connectivity index (χ3n) is 2.73. The van der Waals surface area contributed by atoms with E-state index in [9.17, 15) is 5.11 Å². The molecule has 18 heavy (non-hydrogen) atoms. The fourth-order valence-corrected chi connectivity index (χ4v) is 2.01. The molecule has 2 heterocycles. The van der Waals surface area contributed by atoms with Crippen LogP contribution in [0.1, 0.15) is 28.5 Å². The predicted molar refractivity (Wildman–Crippen MR) is 71.4 cm³/mol. The first kappa shape index (κ1) is 12.8. The van der Waals surface area contributed by atoms with Crippen molar-refractivity contribution in [3.8, 4) is 0 Å². The largest absolute Gasteiger partial charge is 0.383 e. The number of nitrogens with zero attached hydrogens (tertiary/aromatic N) is 2. The lowest BCUT2D eigenvalue weighted by molar-refractivity contribution is 0.215. The van der Waals surface area contributed by atoms with Crippen LogP contribution in [0.25, 0.3) is 0 Å². The molecule has 0 aromatic carbocycles. The van der Waals surface area contributed by atoms with Gasteiger partial charge in [-0.2, -0.15) is 0 Å². The van der Waals surface area contributed by atoms with Crippen LogP contribution in [0.4, 0.5) is 5.82 Å². The van der Waals surface area contributed by atoms with E-state index in [4.69, 9.17) is 17.3 Å². The van der Waals surface area contributed by atoms with Gasteiger partial charge in [-0.25, -0.2) is 4.98 Å². The first-order valence-corrected chi connectivity index (χ1v) is 5.89. The molecule has 4 nitrogen and oxygen atoms in total. The lowest BCUT2D eigenvalue weighted by Gasteiger charge is -2.15. The Morgan fingerprint density at radius 1 is 1.22 bits per heavy atom. The van der Waals surface area contributed by atoms with Gasteiger partial charge in [0.1, 0.15) is 11.9 Å². The van der Waals surface area contributed by atoms with Crippen LogP contribution < -0.4 is 5.73 Å². The summed E-state index contributed by atoms with van der Waals surface area (Å²) in [5.74, 6) is 0.258. The van der Waals surface area contributed by atoms with E-state index >= 15 is 0 Å². The fourth-order valence-electron chi connectivity index (χ4n) is 1.84. The van der Waals surface area contributed by atoms with Gasteiger partial charge in [-0.3, -0.25) is 4.98 Å². The zero-order valence-corrected chi connectivity index (χ0v) is 10.9. The molecular weight excluding hydrogens is 250 g/mol. The minimum absolute atomic E-state index is 0.258. The van der Waals surface area contributed by atoms with E-state index in [0.717, 1.165) is 11.1 Å². The van der Waals surface area contributed by atoms with Crippen molar-refractivity contribution < 1.29 is 5.11 Å². The Hall–Kier alpha value is -1.65. The summed E-state index contributed by atoms with van der Waals surface area (Å²) >= 11 is 5.86. The quantitative estimate of drug-likeness (QED) is 0.873. The number of rotatable bonds is 2. The molecule has 0 amide bonds. The number of halogens is 1. The Morgan fingerprint density at radius 3 is 2.61 bits per heavy atom. The minimum atomic E-state index is -0.920. The molecule has 0 fully saturated rings. The topological polar surface area (TPSA) is 72.0 Å². The van der Waals surface area contributed by atoms with E-state index in [1.54, 1.807) is 12.3 Å². The summed E-state index contributed by atoms with van der Waals surface area (Å²) in [6, 6.07) is 3.56. The van der Waals surface area contributed by atoms with Crippen molar-refractivity contribution in [2.75, 3.05) is 5.73 Å². The highest BCUT2D eigenvalue weighted by Gasteiger charge is 2.18. The molecule has 0 aliphatic rings. The van der Waals surface area contributed by atoms with Crippen LogP contribution in [0.5, 0.6) is 0 Å². The second-order valence-corrected chi connectivity index (χ2v) is 4.68. The summed E-state index contributed by atoms with van der Waals surface area (Å²) < 4.78 is 0. The van der Waals surface area contributed by atoms with Crippen molar-refractivity contribution in [1.29, 1.82) is 0 Å². The van der Waals surface area contributed by atoms with Crippen molar-refractivity contribution in [2.45, 2.75) is 20.0 Å². The van der Waals surface area contributed by atoms with Crippen LogP contribution in [0, 0.1) is 13.8 Å². The molecule has 94 valence electrons. The predicted octanol–water partition coefficient (Wildman–Crippen LogP) is 2.41. The number of aliphatic hydroxyl groups is 1. The van der Waals surface area contributed by atoms with Crippen molar-refractivity contribution in [3.63, 3.8) is 0 Å². The summed E-state index contributed by atoms with van der Waals surface area (Å²) in [6.45, 7) is 3.85. The molecule has 2 aromatic heterocycles. The second kappa shape index (κ2) is 4.92. The molecule has 0 aliphatic carbocycles. The van der Waals surface area contributed by atoms with E-state index in [1.807, 2.05) is 19.9 Å². The van der Waals surface area contributed by atoms with Gasteiger partial charge < -0.3 is 10.8 Å². The molecule has 1 atom stereocenters. The number of aromatic nitrogens is 2. The Bertz CT molecular complexity index is 586. The van der Waals surface area contributed by atoms with Crippen LogP contribution in [-0.2, 0) is 0 Å². The highest BCUT2D eigenvalue weighted by Crippen LogP contribution is 2.28. The fraction of sp³-hybridized carbons (Fsp3) is 0.231.